The highest BCUT2D eigenvalue weighted by Gasteiger charge is 2.35. The molecule has 0 saturated carbocycles. The maximum absolute atomic E-state index is 10.4. The monoisotopic (exact) mass is 183 g/mol. The zero-order valence-electron chi connectivity index (χ0n) is 7.58. The van der Waals surface area contributed by atoms with Crippen LogP contribution in [0.2, 0.25) is 0 Å². The summed E-state index contributed by atoms with van der Waals surface area (Å²) in [4.78, 5) is 12.5. The molecule has 0 aromatic heterocycles. The molecule has 0 spiro atoms. The molecule has 72 valence electrons. The predicted molar refractivity (Wildman–Crippen MR) is 46.2 cm³/mol. The van der Waals surface area contributed by atoms with E-state index in [4.69, 9.17) is 10.4 Å². The number of nitriles is 1. The van der Waals surface area contributed by atoms with E-state index in [-0.39, 0.29) is 0 Å². The Morgan fingerprint density at radius 1 is 1.62 bits per heavy atom. The zero-order chi connectivity index (χ0) is 9.90. The van der Waals surface area contributed by atoms with Crippen LogP contribution in [0.1, 0.15) is 12.8 Å². The smallest absolute Gasteiger partial charge is 0.405 e. The molecular weight excluding hydrogens is 170 g/mol. The topological polar surface area (TPSA) is 76.4 Å². The average Bonchev–Trinajstić information content (AvgIpc) is 2.09. The third-order valence-corrected chi connectivity index (χ3v) is 2.40. The van der Waals surface area contributed by atoms with Crippen molar-refractivity contribution in [3.05, 3.63) is 0 Å². The highest BCUT2D eigenvalue weighted by molar-refractivity contribution is 5.66. The average molecular weight is 183 g/mol. The summed E-state index contributed by atoms with van der Waals surface area (Å²) in [5.74, 6) is 0. The van der Waals surface area contributed by atoms with Gasteiger partial charge in [-0.3, -0.25) is 0 Å². The summed E-state index contributed by atoms with van der Waals surface area (Å²) in [5.41, 5.74) is -0.863. The van der Waals surface area contributed by atoms with Crippen LogP contribution in [0, 0.1) is 11.3 Å². The van der Waals surface area contributed by atoms with E-state index in [2.05, 4.69) is 16.3 Å². The summed E-state index contributed by atoms with van der Waals surface area (Å²) in [6.07, 6.45) is 0.00426. The number of amides is 1. The fourth-order valence-electron chi connectivity index (χ4n) is 1.47. The standard InChI is InChI=1S/C8H13N3O2/c1-11-4-2-8(6-9,3-5-11)10-7(12)13/h10H,2-5H2,1H3,(H,12,13). The number of nitrogens with one attached hydrogen (secondary N) is 1. The second-order valence-electron chi connectivity index (χ2n) is 3.43. The highest BCUT2D eigenvalue weighted by Crippen LogP contribution is 2.20. The summed E-state index contributed by atoms with van der Waals surface area (Å²) in [5, 5.41) is 19.7. The van der Waals surface area contributed by atoms with Crippen molar-refractivity contribution in [3.63, 3.8) is 0 Å². The Balaban J connectivity index is 2.62. The first-order valence-corrected chi connectivity index (χ1v) is 4.19. The lowest BCUT2D eigenvalue weighted by Crippen LogP contribution is -2.53. The van der Waals surface area contributed by atoms with Crippen molar-refractivity contribution in [3.8, 4) is 6.07 Å². The van der Waals surface area contributed by atoms with E-state index in [1.165, 1.54) is 0 Å². The second kappa shape index (κ2) is 3.62. The minimum Gasteiger partial charge on any atom is -0.465 e. The summed E-state index contributed by atoms with van der Waals surface area (Å²) in [6.45, 7) is 1.52. The summed E-state index contributed by atoms with van der Waals surface area (Å²) in [7, 11) is 1.96. The van der Waals surface area contributed by atoms with Gasteiger partial charge in [0.15, 0.2) is 0 Å². The van der Waals surface area contributed by atoms with Gasteiger partial charge in [-0.2, -0.15) is 5.26 Å². The molecular formula is C8H13N3O2. The largest absolute Gasteiger partial charge is 0.465 e. The molecule has 5 heteroatoms. The van der Waals surface area contributed by atoms with Gasteiger partial charge in [0.05, 0.1) is 6.07 Å². The maximum atomic E-state index is 10.4. The molecule has 1 rings (SSSR count). The van der Waals surface area contributed by atoms with Crippen molar-refractivity contribution in [2.24, 2.45) is 0 Å². The number of hydrogen-bond donors (Lipinski definition) is 2. The minimum atomic E-state index is -1.12. The van der Waals surface area contributed by atoms with Gasteiger partial charge in [0.1, 0.15) is 5.54 Å². The molecule has 1 saturated heterocycles. The zero-order valence-corrected chi connectivity index (χ0v) is 7.58. The van der Waals surface area contributed by atoms with Crippen LogP contribution in [-0.2, 0) is 0 Å². The van der Waals surface area contributed by atoms with Crippen molar-refractivity contribution in [2.75, 3.05) is 20.1 Å². The van der Waals surface area contributed by atoms with E-state index in [1.807, 2.05) is 7.05 Å². The Morgan fingerprint density at radius 3 is 2.54 bits per heavy atom. The summed E-state index contributed by atoms with van der Waals surface area (Å²) < 4.78 is 0. The molecule has 0 atom stereocenters. The number of piperidine rings is 1. The lowest BCUT2D eigenvalue weighted by Gasteiger charge is -2.34. The molecule has 1 aliphatic rings. The first kappa shape index (κ1) is 9.81. The Hall–Kier alpha value is -1.28. The van der Waals surface area contributed by atoms with Gasteiger partial charge in [-0.15, -0.1) is 0 Å². The Bertz CT molecular complexity index is 238. The van der Waals surface area contributed by atoms with Gasteiger partial charge in [0, 0.05) is 13.1 Å². The van der Waals surface area contributed by atoms with E-state index in [0.717, 1.165) is 13.1 Å². The van der Waals surface area contributed by atoms with Crippen molar-refractivity contribution in [2.45, 2.75) is 18.4 Å². The first-order chi connectivity index (χ1) is 6.08. The van der Waals surface area contributed by atoms with Crippen molar-refractivity contribution < 1.29 is 9.90 Å². The van der Waals surface area contributed by atoms with Crippen molar-refractivity contribution in [1.29, 1.82) is 5.26 Å². The van der Waals surface area contributed by atoms with Gasteiger partial charge in [-0.05, 0) is 19.9 Å². The SMILES string of the molecule is CN1CCC(C#N)(NC(=O)O)CC1. The lowest BCUT2D eigenvalue weighted by atomic mass is 9.89. The fraction of sp³-hybridized carbons (Fsp3) is 0.750. The summed E-state index contributed by atoms with van der Waals surface area (Å²) in [6, 6.07) is 2.05. The van der Waals surface area contributed by atoms with Crippen LogP contribution in [-0.4, -0.2) is 41.8 Å². The Labute approximate surface area is 76.9 Å². The van der Waals surface area contributed by atoms with Gasteiger partial charge >= 0.3 is 6.09 Å². The molecule has 0 aliphatic carbocycles. The number of hydrogen-bond acceptors (Lipinski definition) is 3. The molecule has 1 amide bonds. The van der Waals surface area contributed by atoms with E-state index in [1.54, 1.807) is 0 Å². The van der Waals surface area contributed by atoms with E-state index in [9.17, 15) is 4.79 Å². The number of nitrogens with zero attached hydrogens (tertiary/aromatic N) is 2. The molecule has 5 nitrogen and oxygen atoms in total. The van der Waals surface area contributed by atoms with Gasteiger partial charge in [0.25, 0.3) is 0 Å². The van der Waals surface area contributed by atoms with Crippen LogP contribution in [0.15, 0.2) is 0 Å². The molecule has 1 aliphatic heterocycles. The van der Waals surface area contributed by atoms with E-state index in [0.29, 0.717) is 12.8 Å². The fourth-order valence-corrected chi connectivity index (χ4v) is 1.47. The van der Waals surface area contributed by atoms with E-state index < -0.39 is 11.6 Å². The lowest BCUT2D eigenvalue weighted by molar-refractivity contribution is 0.159. The van der Waals surface area contributed by atoms with Gasteiger partial charge in [0.2, 0.25) is 0 Å². The number of carboxylic acid groups (broad SMARTS) is 1. The Morgan fingerprint density at radius 2 is 2.15 bits per heavy atom. The molecule has 0 unspecified atom stereocenters. The molecule has 0 aromatic carbocycles. The molecule has 13 heavy (non-hydrogen) atoms. The summed E-state index contributed by atoms with van der Waals surface area (Å²) >= 11 is 0. The second-order valence-corrected chi connectivity index (χ2v) is 3.43. The van der Waals surface area contributed by atoms with E-state index >= 15 is 0 Å². The minimum absolute atomic E-state index is 0.562. The van der Waals surface area contributed by atoms with Crippen LogP contribution in [0.25, 0.3) is 0 Å². The molecule has 1 heterocycles. The van der Waals surface area contributed by atoms with Crippen LogP contribution < -0.4 is 5.32 Å². The first-order valence-electron chi connectivity index (χ1n) is 4.19. The number of carbonyl (C=O) groups is 1. The third kappa shape index (κ3) is 2.33. The predicted octanol–water partition coefficient (Wildman–Crippen LogP) is 0.242. The van der Waals surface area contributed by atoms with Crippen LogP contribution in [0.3, 0.4) is 0 Å². The van der Waals surface area contributed by atoms with Crippen molar-refractivity contribution >= 4 is 6.09 Å². The number of rotatable bonds is 1. The molecule has 2 N–H and O–H groups in total. The molecule has 0 radical (unpaired) electrons. The normalized spacial score (nSPS) is 21.8. The highest BCUT2D eigenvalue weighted by atomic mass is 16.4. The molecule has 1 fully saturated rings. The third-order valence-electron chi connectivity index (χ3n) is 2.40. The van der Waals surface area contributed by atoms with Gasteiger partial charge < -0.3 is 15.3 Å². The molecule has 0 aromatic rings. The van der Waals surface area contributed by atoms with Crippen molar-refractivity contribution in [1.82, 2.24) is 10.2 Å². The number of likely N-dealkylation sites (tertiary alicyclic amines) is 1. The van der Waals surface area contributed by atoms with Gasteiger partial charge in [-0.1, -0.05) is 0 Å². The Kier molecular flexibility index (Phi) is 2.73. The van der Waals surface area contributed by atoms with Crippen LogP contribution in [0.5, 0.6) is 0 Å². The van der Waals surface area contributed by atoms with Crippen LogP contribution in [0.4, 0.5) is 4.79 Å². The van der Waals surface area contributed by atoms with Gasteiger partial charge in [-0.25, -0.2) is 4.79 Å². The maximum Gasteiger partial charge on any atom is 0.405 e. The quantitative estimate of drug-likeness (QED) is 0.610. The van der Waals surface area contributed by atoms with Crippen LogP contribution >= 0.6 is 0 Å². The molecule has 0 bridgehead atoms.